The zero-order chi connectivity index (χ0) is 12.8. The van der Waals surface area contributed by atoms with E-state index in [0.29, 0.717) is 5.75 Å². The molecule has 1 rings (SSSR count). The van der Waals surface area contributed by atoms with Gasteiger partial charge in [0.05, 0.1) is 19.8 Å². The van der Waals surface area contributed by atoms with Crippen LogP contribution >= 0.6 is 0 Å². The topological polar surface area (TPSA) is 38.8 Å². The first-order valence-electron chi connectivity index (χ1n) is 4.92. The first-order chi connectivity index (χ1) is 8.10. The minimum absolute atomic E-state index is 0.229. The Bertz CT molecular complexity index is 432. The molecule has 0 N–H and O–H groups in total. The van der Waals surface area contributed by atoms with Gasteiger partial charge in [-0.1, -0.05) is 6.07 Å². The standard InChI is InChI=1S/C12H14FNO3/c1-14(17-3)12(15)8-7-9-10(13)5-4-6-11(9)16-2/h4-8H,1-3H3/b8-7+. The summed E-state index contributed by atoms with van der Waals surface area (Å²) in [5.41, 5.74) is 0.229. The highest BCUT2D eigenvalue weighted by Crippen LogP contribution is 2.22. The summed E-state index contributed by atoms with van der Waals surface area (Å²) in [6.45, 7) is 0. The van der Waals surface area contributed by atoms with Crippen LogP contribution in [-0.2, 0) is 9.63 Å². The molecule has 92 valence electrons. The maximum atomic E-state index is 13.5. The molecule has 0 saturated carbocycles. The molecule has 0 radical (unpaired) electrons. The Balaban J connectivity index is 2.95. The van der Waals surface area contributed by atoms with E-state index in [1.165, 1.54) is 45.6 Å². The number of rotatable bonds is 4. The number of carbonyl (C=O) groups excluding carboxylic acids is 1. The number of benzene rings is 1. The average molecular weight is 239 g/mol. The van der Waals surface area contributed by atoms with Crippen LogP contribution in [0.1, 0.15) is 5.56 Å². The smallest absolute Gasteiger partial charge is 0.269 e. The number of halogens is 1. The third-order valence-electron chi connectivity index (χ3n) is 2.21. The fourth-order valence-corrected chi connectivity index (χ4v) is 1.21. The predicted molar refractivity (Wildman–Crippen MR) is 61.8 cm³/mol. The Labute approximate surface area is 99.2 Å². The molecule has 1 aromatic carbocycles. The summed E-state index contributed by atoms with van der Waals surface area (Å²) in [6, 6.07) is 4.45. The molecule has 0 atom stereocenters. The van der Waals surface area contributed by atoms with Crippen molar-refractivity contribution >= 4 is 12.0 Å². The molecule has 5 heteroatoms. The van der Waals surface area contributed by atoms with Crippen LogP contribution in [0.5, 0.6) is 5.75 Å². The van der Waals surface area contributed by atoms with Crippen LogP contribution in [0, 0.1) is 5.82 Å². The van der Waals surface area contributed by atoms with Crippen molar-refractivity contribution in [2.45, 2.75) is 0 Å². The molecule has 17 heavy (non-hydrogen) atoms. The fourth-order valence-electron chi connectivity index (χ4n) is 1.21. The molecule has 0 saturated heterocycles. The summed E-state index contributed by atoms with van der Waals surface area (Å²) in [4.78, 5) is 16.1. The summed E-state index contributed by atoms with van der Waals surface area (Å²) in [7, 11) is 4.27. The number of hydrogen-bond acceptors (Lipinski definition) is 3. The Hall–Kier alpha value is -1.88. The molecule has 0 aliphatic rings. The minimum atomic E-state index is -0.450. The highest BCUT2D eigenvalue weighted by Gasteiger charge is 2.07. The summed E-state index contributed by atoms with van der Waals surface area (Å²) in [5.74, 6) is -0.472. The largest absolute Gasteiger partial charge is 0.496 e. The van der Waals surface area contributed by atoms with Gasteiger partial charge in [0.25, 0.3) is 5.91 Å². The van der Waals surface area contributed by atoms with Gasteiger partial charge in [0, 0.05) is 13.1 Å². The third kappa shape index (κ3) is 3.29. The van der Waals surface area contributed by atoms with Gasteiger partial charge in [0.1, 0.15) is 11.6 Å². The number of hydrogen-bond donors (Lipinski definition) is 0. The lowest BCUT2D eigenvalue weighted by Crippen LogP contribution is -2.22. The molecule has 0 spiro atoms. The lowest BCUT2D eigenvalue weighted by molar-refractivity contribution is -0.162. The second-order valence-electron chi connectivity index (χ2n) is 3.21. The van der Waals surface area contributed by atoms with Crippen molar-refractivity contribution in [2.75, 3.05) is 21.3 Å². The lowest BCUT2D eigenvalue weighted by atomic mass is 10.1. The molecule has 0 aliphatic carbocycles. The first-order valence-corrected chi connectivity index (χ1v) is 4.92. The Kier molecular flexibility index (Phi) is 4.66. The zero-order valence-corrected chi connectivity index (χ0v) is 9.94. The van der Waals surface area contributed by atoms with Crippen LogP contribution in [-0.4, -0.2) is 32.2 Å². The van der Waals surface area contributed by atoms with Crippen LogP contribution in [0.4, 0.5) is 4.39 Å². The first kappa shape index (κ1) is 13.2. The van der Waals surface area contributed by atoms with E-state index < -0.39 is 11.7 Å². The summed E-state index contributed by atoms with van der Waals surface area (Å²) >= 11 is 0. The predicted octanol–water partition coefficient (Wildman–Crippen LogP) is 1.87. The second kappa shape index (κ2) is 6.00. The van der Waals surface area contributed by atoms with Crippen molar-refractivity contribution in [3.05, 3.63) is 35.7 Å². The average Bonchev–Trinajstić information content (AvgIpc) is 2.35. The van der Waals surface area contributed by atoms with Gasteiger partial charge in [-0.25, -0.2) is 9.45 Å². The Morgan fingerprint density at radius 1 is 1.41 bits per heavy atom. The van der Waals surface area contributed by atoms with E-state index in [0.717, 1.165) is 5.06 Å². The zero-order valence-electron chi connectivity index (χ0n) is 9.94. The van der Waals surface area contributed by atoms with E-state index in [1.807, 2.05) is 0 Å². The van der Waals surface area contributed by atoms with Crippen molar-refractivity contribution in [2.24, 2.45) is 0 Å². The van der Waals surface area contributed by atoms with Crippen LogP contribution < -0.4 is 4.74 Å². The lowest BCUT2D eigenvalue weighted by Gasteiger charge is -2.10. The van der Waals surface area contributed by atoms with Crippen LogP contribution in [0.25, 0.3) is 6.08 Å². The van der Waals surface area contributed by atoms with Crippen LogP contribution in [0.2, 0.25) is 0 Å². The van der Waals surface area contributed by atoms with E-state index in [9.17, 15) is 9.18 Å². The van der Waals surface area contributed by atoms with Crippen LogP contribution in [0.15, 0.2) is 24.3 Å². The summed E-state index contributed by atoms with van der Waals surface area (Å²) in [6.07, 6.45) is 2.57. The van der Waals surface area contributed by atoms with Crippen molar-refractivity contribution in [3.8, 4) is 5.75 Å². The molecule has 0 bridgehead atoms. The molecular weight excluding hydrogens is 225 g/mol. The number of likely N-dealkylation sites (N-methyl/N-ethyl adjacent to an activating group) is 1. The van der Waals surface area contributed by atoms with Gasteiger partial charge in [-0.15, -0.1) is 0 Å². The molecule has 0 heterocycles. The van der Waals surface area contributed by atoms with E-state index in [-0.39, 0.29) is 5.56 Å². The second-order valence-corrected chi connectivity index (χ2v) is 3.21. The van der Waals surface area contributed by atoms with Crippen molar-refractivity contribution in [1.29, 1.82) is 0 Å². The van der Waals surface area contributed by atoms with Crippen molar-refractivity contribution < 1.29 is 18.8 Å². The molecule has 0 unspecified atom stereocenters. The summed E-state index contributed by atoms with van der Waals surface area (Å²) in [5, 5.41) is 1.03. The molecule has 1 aromatic rings. The number of amides is 1. The molecule has 0 aliphatic heterocycles. The van der Waals surface area contributed by atoms with Crippen molar-refractivity contribution in [3.63, 3.8) is 0 Å². The number of hydroxylamine groups is 2. The van der Waals surface area contributed by atoms with E-state index in [2.05, 4.69) is 0 Å². The highest BCUT2D eigenvalue weighted by atomic mass is 19.1. The molecular formula is C12H14FNO3. The van der Waals surface area contributed by atoms with Gasteiger partial charge in [-0.05, 0) is 18.2 Å². The van der Waals surface area contributed by atoms with Gasteiger partial charge in [0.15, 0.2) is 0 Å². The van der Waals surface area contributed by atoms with E-state index >= 15 is 0 Å². The number of nitrogens with zero attached hydrogens (tertiary/aromatic N) is 1. The van der Waals surface area contributed by atoms with Crippen molar-refractivity contribution in [1.82, 2.24) is 5.06 Å². The normalized spacial score (nSPS) is 10.6. The van der Waals surface area contributed by atoms with Gasteiger partial charge in [-0.3, -0.25) is 9.63 Å². The van der Waals surface area contributed by atoms with E-state index in [1.54, 1.807) is 6.07 Å². The Morgan fingerprint density at radius 3 is 2.71 bits per heavy atom. The summed E-state index contributed by atoms with van der Waals surface area (Å²) < 4.78 is 18.5. The molecule has 1 amide bonds. The molecule has 0 aromatic heterocycles. The number of ether oxygens (including phenoxy) is 1. The molecule has 4 nitrogen and oxygen atoms in total. The monoisotopic (exact) mass is 239 g/mol. The van der Waals surface area contributed by atoms with Gasteiger partial charge >= 0.3 is 0 Å². The molecule has 0 fully saturated rings. The Morgan fingerprint density at radius 2 is 2.12 bits per heavy atom. The third-order valence-corrected chi connectivity index (χ3v) is 2.21. The fraction of sp³-hybridized carbons (Fsp3) is 0.250. The maximum Gasteiger partial charge on any atom is 0.269 e. The van der Waals surface area contributed by atoms with Gasteiger partial charge < -0.3 is 4.74 Å². The van der Waals surface area contributed by atoms with Gasteiger partial charge in [0.2, 0.25) is 0 Å². The van der Waals surface area contributed by atoms with Crippen LogP contribution in [0.3, 0.4) is 0 Å². The SMILES string of the molecule is COc1cccc(F)c1/C=C/C(=O)N(C)OC. The number of methoxy groups -OCH3 is 1. The quantitative estimate of drug-likeness (QED) is 0.594. The highest BCUT2D eigenvalue weighted by molar-refractivity contribution is 5.91. The minimum Gasteiger partial charge on any atom is -0.496 e. The maximum absolute atomic E-state index is 13.5. The van der Waals surface area contributed by atoms with Gasteiger partial charge in [-0.2, -0.15) is 0 Å². The van der Waals surface area contributed by atoms with E-state index in [4.69, 9.17) is 9.57 Å². The number of carbonyl (C=O) groups is 1.